The zero-order chi connectivity index (χ0) is 16.2. The molecule has 2 amide bonds. The molecule has 2 aliphatic rings. The number of nitrogens with one attached hydrogen (secondary N) is 1. The molecule has 3 rings (SSSR count). The molecule has 124 valence electrons. The highest BCUT2D eigenvalue weighted by molar-refractivity contribution is 5.94. The van der Waals surface area contributed by atoms with Crippen molar-refractivity contribution in [1.82, 2.24) is 10.2 Å². The van der Waals surface area contributed by atoms with E-state index in [1.807, 2.05) is 29.2 Å². The zero-order valence-corrected chi connectivity index (χ0v) is 13.9. The van der Waals surface area contributed by atoms with Crippen molar-refractivity contribution >= 4 is 11.8 Å². The van der Waals surface area contributed by atoms with E-state index < -0.39 is 0 Å². The number of benzene rings is 1. The molecular formula is C19H26N2O2. The van der Waals surface area contributed by atoms with Crippen LogP contribution in [0.15, 0.2) is 24.3 Å². The van der Waals surface area contributed by atoms with E-state index in [-0.39, 0.29) is 11.8 Å². The summed E-state index contributed by atoms with van der Waals surface area (Å²) in [5.74, 6) is 0.927. The SMILES string of the molecule is CC1CCCC(NC(=O)c2cccc(CN3CCCC3=O)c2)C1. The van der Waals surface area contributed by atoms with Crippen LogP contribution in [0.2, 0.25) is 0 Å². The quantitative estimate of drug-likeness (QED) is 0.928. The van der Waals surface area contributed by atoms with Crippen LogP contribution in [-0.2, 0) is 11.3 Å². The number of amides is 2. The van der Waals surface area contributed by atoms with E-state index in [9.17, 15) is 9.59 Å². The maximum absolute atomic E-state index is 12.5. The fourth-order valence-corrected chi connectivity index (χ4v) is 3.74. The predicted molar refractivity (Wildman–Crippen MR) is 90.0 cm³/mol. The third-order valence-corrected chi connectivity index (χ3v) is 5.01. The van der Waals surface area contributed by atoms with Gasteiger partial charge in [0.1, 0.15) is 0 Å². The summed E-state index contributed by atoms with van der Waals surface area (Å²) in [5, 5.41) is 3.18. The lowest BCUT2D eigenvalue weighted by Crippen LogP contribution is -2.38. The van der Waals surface area contributed by atoms with Crippen LogP contribution < -0.4 is 5.32 Å². The van der Waals surface area contributed by atoms with E-state index in [4.69, 9.17) is 0 Å². The maximum Gasteiger partial charge on any atom is 0.251 e. The Balaban J connectivity index is 1.62. The van der Waals surface area contributed by atoms with Gasteiger partial charge in [-0.25, -0.2) is 0 Å². The molecule has 1 aliphatic carbocycles. The maximum atomic E-state index is 12.5. The highest BCUT2D eigenvalue weighted by Gasteiger charge is 2.22. The molecule has 4 heteroatoms. The predicted octanol–water partition coefficient (Wildman–Crippen LogP) is 3.12. The molecule has 1 saturated carbocycles. The van der Waals surface area contributed by atoms with Gasteiger partial charge in [-0.05, 0) is 42.9 Å². The van der Waals surface area contributed by atoms with E-state index in [2.05, 4.69) is 12.2 Å². The van der Waals surface area contributed by atoms with Gasteiger partial charge in [0.15, 0.2) is 0 Å². The highest BCUT2D eigenvalue weighted by Crippen LogP contribution is 2.24. The smallest absolute Gasteiger partial charge is 0.251 e. The number of hydrogen-bond acceptors (Lipinski definition) is 2. The van der Waals surface area contributed by atoms with Crippen molar-refractivity contribution in [3.05, 3.63) is 35.4 Å². The Morgan fingerprint density at radius 1 is 1.30 bits per heavy atom. The van der Waals surface area contributed by atoms with Crippen LogP contribution in [0, 0.1) is 5.92 Å². The Morgan fingerprint density at radius 2 is 2.17 bits per heavy atom. The van der Waals surface area contributed by atoms with Crippen molar-refractivity contribution in [2.75, 3.05) is 6.54 Å². The van der Waals surface area contributed by atoms with E-state index in [0.29, 0.717) is 30.5 Å². The van der Waals surface area contributed by atoms with Crippen LogP contribution in [0.3, 0.4) is 0 Å². The van der Waals surface area contributed by atoms with Crippen molar-refractivity contribution in [3.8, 4) is 0 Å². The molecule has 1 N–H and O–H groups in total. The second kappa shape index (κ2) is 7.16. The van der Waals surface area contributed by atoms with Crippen LogP contribution in [0.4, 0.5) is 0 Å². The summed E-state index contributed by atoms with van der Waals surface area (Å²) in [4.78, 5) is 26.1. The molecule has 23 heavy (non-hydrogen) atoms. The van der Waals surface area contributed by atoms with Crippen molar-refractivity contribution < 1.29 is 9.59 Å². The van der Waals surface area contributed by atoms with Crippen molar-refractivity contribution in [1.29, 1.82) is 0 Å². The fraction of sp³-hybridized carbons (Fsp3) is 0.579. The molecule has 2 unspecified atom stereocenters. The van der Waals surface area contributed by atoms with Gasteiger partial charge in [-0.1, -0.05) is 31.9 Å². The van der Waals surface area contributed by atoms with Crippen LogP contribution in [0.5, 0.6) is 0 Å². The summed E-state index contributed by atoms with van der Waals surface area (Å²) < 4.78 is 0. The molecule has 1 aromatic carbocycles. The van der Waals surface area contributed by atoms with Crippen LogP contribution in [-0.4, -0.2) is 29.3 Å². The Labute approximate surface area is 138 Å². The van der Waals surface area contributed by atoms with Crippen LogP contribution in [0.1, 0.15) is 61.4 Å². The summed E-state index contributed by atoms with van der Waals surface area (Å²) in [7, 11) is 0. The number of carbonyl (C=O) groups is 2. The molecule has 0 spiro atoms. The molecule has 1 aliphatic heterocycles. The van der Waals surface area contributed by atoms with Gasteiger partial charge in [0, 0.05) is 31.1 Å². The van der Waals surface area contributed by atoms with Gasteiger partial charge < -0.3 is 10.2 Å². The summed E-state index contributed by atoms with van der Waals surface area (Å²) in [6, 6.07) is 7.98. The number of nitrogens with zero attached hydrogens (tertiary/aromatic N) is 1. The van der Waals surface area contributed by atoms with Gasteiger partial charge in [0.25, 0.3) is 5.91 Å². The van der Waals surface area contributed by atoms with E-state index in [0.717, 1.165) is 31.4 Å². The molecule has 1 aromatic rings. The van der Waals surface area contributed by atoms with Crippen molar-refractivity contribution in [2.45, 2.75) is 58.0 Å². The number of carbonyl (C=O) groups excluding carboxylic acids is 2. The second-order valence-corrected chi connectivity index (χ2v) is 7.06. The minimum absolute atomic E-state index is 0.0127. The van der Waals surface area contributed by atoms with Crippen LogP contribution >= 0.6 is 0 Å². The summed E-state index contributed by atoms with van der Waals surface area (Å²) >= 11 is 0. The molecule has 0 radical (unpaired) electrons. The number of hydrogen-bond donors (Lipinski definition) is 1. The highest BCUT2D eigenvalue weighted by atomic mass is 16.2. The third-order valence-electron chi connectivity index (χ3n) is 5.01. The first-order chi connectivity index (χ1) is 11.1. The molecule has 4 nitrogen and oxygen atoms in total. The lowest BCUT2D eigenvalue weighted by molar-refractivity contribution is -0.128. The molecule has 1 saturated heterocycles. The lowest BCUT2D eigenvalue weighted by atomic mass is 9.87. The summed E-state index contributed by atoms with van der Waals surface area (Å²) in [6.07, 6.45) is 6.22. The lowest BCUT2D eigenvalue weighted by Gasteiger charge is -2.27. The fourth-order valence-electron chi connectivity index (χ4n) is 3.74. The monoisotopic (exact) mass is 314 g/mol. The third kappa shape index (κ3) is 4.12. The molecule has 0 bridgehead atoms. The average Bonchev–Trinajstić information content (AvgIpc) is 2.93. The van der Waals surface area contributed by atoms with Gasteiger partial charge in [-0.2, -0.15) is 0 Å². The second-order valence-electron chi connectivity index (χ2n) is 7.06. The number of likely N-dealkylation sites (tertiary alicyclic amines) is 1. The minimum atomic E-state index is 0.0127. The molecule has 1 heterocycles. The summed E-state index contributed by atoms with van der Waals surface area (Å²) in [6.45, 7) is 3.70. The Kier molecular flexibility index (Phi) is 4.99. The first-order valence-electron chi connectivity index (χ1n) is 8.79. The van der Waals surface area contributed by atoms with E-state index in [1.165, 1.54) is 12.8 Å². The first kappa shape index (κ1) is 16.0. The van der Waals surface area contributed by atoms with Crippen molar-refractivity contribution in [2.24, 2.45) is 5.92 Å². The normalized spacial score (nSPS) is 24.7. The van der Waals surface area contributed by atoms with Gasteiger partial charge in [-0.3, -0.25) is 9.59 Å². The van der Waals surface area contributed by atoms with Crippen molar-refractivity contribution in [3.63, 3.8) is 0 Å². The minimum Gasteiger partial charge on any atom is -0.349 e. The molecular weight excluding hydrogens is 288 g/mol. The van der Waals surface area contributed by atoms with Gasteiger partial charge in [0.2, 0.25) is 5.91 Å². The van der Waals surface area contributed by atoms with E-state index >= 15 is 0 Å². The average molecular weight is 314 g/mol. The Bertz CT molecular complexity index is 584. The molecule has 2 fully saturated rings. The Morgan fingerprint density at radius 3 is 2.91 bits per heavy atom. The molecule has 0 aromatic heterocycles. The zero-order valence-electron chi connectivity index (χ0n) is 13.9. The summed E-state index contributed by atoms with van der Waals surface area (Å²) in [5.41, 5.74) is 1.73. The molecule has 2 atom stereocenters. The van der Waals surface area contributed by atoms with Gasteiger partial charge >= 0.3 is 0 Å². The Hall–Kier alpha value is -1.84. The van der Waals surface area contributed by atoms with E-state index in [1.54, 1.807) is 0 Å². The van der Waals surface area contributed by atoms with Gasteiger partial charge in [0.05, 0.1) is 0 Å². The number of rotatable bonds is 4. The van der Waals surface area contributed by atoms with Gasteiger partial charge in [-0.15, -0.1) is 0 Å². The largest absolute Gasteiger partial charge is 0.349 e. The first-order valence-corrected chi connectivity index (χ1v) is 8.79. The van der Waals surface area contributed by atoms with Crippen LogP contribution in [0.25, 0.3) is 0 Å². The topological polar surface area (TPSA) is 49.4 Å². The standard InChI is InChI=1S/C19H26N2O2/c1-14-5-2-8-17(11-14)20-19(23)16-7-3-6-15(12-16)13-21-10-4-9-18(21)22/h3,6-7,12,14,17H,2,4-5,8-11,13H2,1H3,(H,20,23).